The summed E-state index contributed by atoms with van der Waals surface area (Å²) < 4.78 is 10.6. The van der Waals surface area contributed by atoms with E-state index < -0.39 is 0 Å². The Labute approximate surface area is 134 Å². The van der Waals surface area contributed by atoms with Crippen LogP contribution < -0.4 is 15.0 Å². The number of amides is 2. The number of hydrogen-bond acceptors (Lipinski definition) is 4. The third kappa shape index (κ3) is 3.91. The minimum atomic E-state index is -0.222. The van der Waals surface area contributed by atoms with Gasteiger partial charge in [0.15, 0.2) is 6.61 Å². The zero-order valence-corrected chi connectivity index (χ0v) is 12.7. The largest absolute Gasteiger partial charge is 0.484 e. The van der Waals surface area contributed by atoms with Crippen LogP contribution in [0.4, 0.5) is 5.69 Å². The number of ether oxygens (including phenoxy) is 1. The molecule has 1 saturated heterocycles. The van der Waals surface area contributed by atoms with Crippen molar-refractivity contribution < 1.29 is 18.7 Å². The molecule has 2 aromatic rings. The number of hydrogen-bond donors (Lipinski definition) is 1. The van der Waals surface area contributed by atoms with Crippen molar-refractivity contribution in [1.82, 2.24) is 5.32 Å². The van der Waals surface area contributed by atoms with Gasteiger partial charge in [-0.15, -0.1) is 0 Å². The lowest BCUT2D eigenvalue weighted by Gasteiger charge is -2.16. The lowest BCUT2D eigenvalue weighted by Crippen LogP contribution is -2.28. The average molecular weight is 314 g/mol. The molecule has 1 N–H and O–H groups in total. The van der Waals surface area contributed by atoms with Crippen molar-refractivity contribution in [3.05, 3.63) is 48.4 Å². The molecule has 6 nitrogen and oxygen atoms in total. The summed E-state index contributed by atoms with van der Waals surface area (Å²) in [5.74, 6) is 1.21. The van der Waals surface area contributed by atoms with Gasteiger partial charge in [-0.3, -0.25) is 9.59 Å². The summed E-state index contributed by atoms with van der Waals surface area (Å²) in [6.45, 7) is 1.03. The van der Waals surface area contributed by atoms with Crippen LogP contribution in [0.1, 0.15) is 18.6 Å². The van der Waals surface area contributed by atoms with Crippen LogP contribution in [0.2, 0.25) is 0 Å². The Balaban J connectivity index is 1.46. The van der Waals surface area contributed by atoms with E-state index in [-0.39, 0.29) is 18.4 Å². The Morgan fingerprint density at radius 1 is 1.26 bits per heavy atom. The Kier molecular flexibility index (Phi) is 4.61. The van der Waals surface area contributed by atoms with Crippen LogP contribution in [0.3, 0.4) is 0 Å². The van der Waals surface area contributed by atoms with E-state index in [2.05, 4.69) is 5.32 Å². The average Bonchev–Trinajstić information content (AvgIpc) is 3.23. The lowest BCUT2D eigenvalue weighted by molar-refractivity contribution is -0.123. The molecule has 0 bridgehead atoms. The minimum absolute atomic E-state index is 0.0668. The molecule has 1 aliphatic rings. The predicted molar refractivity (Wildman–Crippen MR) is 84.1 cm³/mol. The normalized spacial score (nSPS) is 14.1. The zero-order valence-electron chi connectivity index (χ0n) is 12.7. The highest BCUT2D eigenvalue weighted by Crippen LogP contribution is 2.23. The molecule has 0 aliphatic carbocycles. The van der Waals surface area contributed by atoms with E-state index in [1.807, 2.05) is 12.1 Å². The number of anilines is 1. The molecule has 2 amide bonds. The summed E-state index contributed by atoms with van der Waals surface area (Å²) >= 11 is 0. The molecule has 0 saturated carbocycles. The second-order valence-corrected chi connectivity index (χ2v) is 5.29. The molecule has 0 atom stereocenters. The molecule has 1 aromatic heterocycles. The highest BCUT2D eigenvalue weighted by Gasteiger charge is 2.21. The first kappa shape index (κ1) is 15.1. The third-order valence-corrected chi connectivity index (χ3v) is 3.63. The Bertz CT molecular complexity index is 664. The van der Waals surface area contributed by atoms with Gasteiger partial charge in [-0.05, 0) is 42.8 Å². The second kappa shape index (κ2) is 7.00. The molecule has 0 unspecified atom stereocenters. The summed E-state index contributed by atoms with van der Waals surface area (Å²) in [5, 5.41) is 2.71. The fourth-order valence-electron chi connectivity index (χ4n) is 2.44. The summed E-state index contributed by atoms with van der Waals surface area (Å²) in [7, 11) is 0. The Hall–Kier alpha value is -2.76. The van der Waals surface area contributed by atoms with E-state index in [0.29, 0.717) is 24.5 Å². The number of carbonyl (C=O) groups is 2. The number of rotatable bonds is 6. The maximum Gasteiger partial charge on any atom is 0.258 e. The number of carbonyl (C=O) groups excluding carboxylic acids is 2. The van der Waals surface area contributed by atoms with Gasteiger partial charge in [-0.25, -0.2) is 0 Å². The number of benzene rings is 1. The van der Waals surface area contributed by atoms with Crippen LogP contribution in [0, 0.1) is 0 Å². The van der Waals surface area contributed by atoms with Gasteiger partial charge in [0.2, 0.25) is 5.91 Å². The van der Waals surface area contributed by atoms with Crippen LogP contribution in [0.25, 0.3) is 0 Å². The summed E-state index contributed by atoms with van der Waals surface area (Å²) in [6.07, 6.45) is 3.06. The van der Waals surface area contributed by atoms with Crippen LogP contribution in [-0.4, -0.2) is 25.0 Å². The van der Waals surface area contributed by atoms with E-state index in [1.54, 1.807) is 35.4 Å². The fourth-order valence-corrected chi connectivity index (χ4v) is 2.44. The Morgan fingerprint density at radius 3 is 2.74 bits per heavy atom. The Morgan fingerprint density at radius 2 is 2.09 bits per heavy atom. The van der Waals surface area contributed by atoms with Crippen molar-refractivity contribution in [1.29, 1.82) is 0 Å². The monoisotopic (exact) mass is 314 g/mol. The van der Waals surface area contributed by atoms with Gasteiger partial charge in [-0.2, -0.15) is 0 Å². The molecular weight excluding hydrogens is 296 g/mol. The summed E-state index contributed by atoms with van der Waals surface area (Å²) in [4.78, 5) is 25.1. The SMILES string of the molecule is O=C(COc1ccc(N2CCCC2=O)cc1)NCc1ccco1. The second-order valence-electron chi connectivity index (χ2n) is 5.29. The fraction of sp³-hybridized carbons (Fsp3) is 0.294. The molecule has 0 radical (unpaired) electrons. The molecule has 6 heteroatoms. The molecule has 3 rings (SSSR count). The van der Waals surface area contributed by atoms with Crippen molar-refractivity contribution in [3.63, 3.8) is 0 Å². The number of nitrogens with one attached hydrogen (secondary N) is 1. The van der Waals surface area contributed by atoms with Crippen molar-refractivity contribution in [2.45, 2.75) is 19.4 Å². The number of nitrogens with zero attached hydrogens (tertiary/aromatic N) is 1. The molecule has 1 aromatic carbocycles. The van der Waals surface area contributed by atoms with Crippen LogP contribution in [0.5, 0.6) is 5.75 Å². The third-order valence-electron chi connectivity index (χ3n) is 3.63. The van der Waals surface area contributed by atoms with Gasteiger partial charge in [0.25, 0.3) is 5.91 Å². The molecule has 1 fully saturated rings. The van der Waals surface area contributed by atoms with Crippen molar-refractivity contribution >= 4 is 17.5 Å². The highest BCUT2D eigenvalue weighted by molar-refractivity contribution is 5.95. The van der Waals surface area contributed by atoms with E-state index in [4.69, 9.17) is 9.15 Å². The topological polar surface area (TPSA) is 71.8 Å². The van der Waals surface area contributed by atoms with Gasteiger partial charge >= 0.3 is 0 Å². The maximum absolute atomic E-state index is 11.7. The van der Waals surface area contributed by atoms with Crippen molar-refractivity contribution in [3.8, 4) is 5.75 Å². The van der Waals surface area contributed by atoms with Crippen molar-refractivity contribution in [2.24, 2.45) is 0 Å². The van der Waals surface area contributed by atoms with Crippen molar-refractivity contribution in [2.75, 3.05) is 18.1 Å². The molecular formula is C17H18N2O4. The zero-order chi connectivity index (χ0) is 16.1. The molecule has 0 spiro atoms. The molecule has 120 valence electrons. The van der Waals surface area contributed by atoms with Gasteiger partial charge in [0.05, 0.1) is 12.8 Å². The summed E-state index contributed by atoms with van der Waals surface area (Å²) in [6, 6.07) is 10.8. The minimum Gasteiger partial charge on any atom is -0.484 e. The van der Waals surface area contributed by atoms with Gasteiger partial charge < -0.3 is 19.4 Å². The van der Waals surface area contributed by atoms with Gasteiger partial charge in [0.1, 0.15) is 11.5 Å². The maximum atomic E-state index is 11.7. The first-order chi connectivity index (χ1) is 11.2. The van der Waals surface area contributed by atoms with E-state index in [9.17, 15) is 9.59 Å². The van der Waals surface area contributed by atoms with E-state index >= 15 is 0 Å². The molecule has 1 aliphatic heterocycles. The van der Waals surface area contributed by atoms with E-state index in [1.165, 1.54) is 0 Å². The number of furan rings is 1. The molecule has 23 heavy (non-hydrogen) atoms. The van der Waals surface area contributed by atoms with Gasteiger partial charge in [0, 0.05) is 18.7 Å². The summed E-state index contributed by atoms with van der Waals surface area (Å²) in [5.41, 5.74) is 0.863. The quantitative estimate of drug-likeness (QED) is 0.886. The lowest BCUT2D eigenvalue weighted by atomic mass is 10.3. The van der Waals surface area contributed by atoms with Crippen LogP contribution in [-0.2, 0) is 16.1 Å². The first-order valence-electron chi connectivity index (χ1n) is 7.55. The standard InChI is InChI=1S/C17H18N2O4/c20-16(18-11-15-3-2-10-22-15)12-23-14-7-5-13(6-8-14)19-9-1-4-17(19)21/h2-3,5-8,10H,1,4,9,11-12H2,(H,18,20). The van der Waals surface area contributed by atoms with E-state index in [0.717, 1.165) is 18.7 Å². The smallest absolute Gasteiger partial charge is 0.258 e. The van der Waals surface area contributed by atoms with Crippen LogP contribution in [0.15, 0.2) is 47.1 Å². The van der Waals surface area contributed by atoms with Crippen LogP contribution >= 0.6 is 0 Å². The highest BCUT2D eigenvalue weighted by atomic mass is 16.5. The predicted octanol–water partition coefficient (Wildman–Crippen LogP) is 2.10. The van der Waals surface area contributed by atoms with Gasteiger partial charge in [-0.1, -0.05) is 0 Å². The molecule has 2 heterocycles. The first-order valence-corrected chi connectivity index (χ1v) is 7.55.